The van der Waals surface area contributed by atoms with Crippen molar-refractivity contribution in [2.75, 3.05) is 11.9 Å². The molecule has 22 heavy (non-hydrogen) atoms. The zero-order chi connectivity index (χ0) is 16.1. The van der Waals surface area contributed by atoms with Crippen molar-refractivity contribution < 1.29 is 22.3 Å². The minimum atomic E-state index is -1.69. The number of nitrogens with zero attached hydrogens (tertiary/aromatic N) is 1. The summed E-state index contributed by atoms with van der Waals surface area (Å²) >= 11 is 0. The molecule has 3 nitrogen and oxygen atoms in total. The van der Waals surface area contributed by atoms with Crippen LogP contribution in [0.15, 0.2) is 24.3 Å². The van der Waals surface area contributed by atoms with Crippen LogP contribution in [0.2, 0.25) is 0 Å². The summed E-state index contributed by atoms with van der Waals surface area (Å²) in [6.07, 6.45) is 0.876. The molecular formula is C15H14F4N2O. The first-order valence-corrected chi connectivity index (χ1v) is 6.68. The highest BCUT2D eigenvalue weighted by Crippen LogP contribution is 2.23. The SMILES string of the molecule is CCCOc1ccc(CNc2c(F)c(F)nc(F)c2F)cc1. The second-order valence-electron chi connectivity index (χ2n) is 4.54. The second kappa shape index (κ2) is 7.11. The smallest absolute Gasteiger partial charge is 0.253 e. The topological polar surface area (TPSA) is 34.1 Å². The van der Waals surface area contributed by atoms with Gasteiger partial charge in [-0.2, -0.15) is 22.5 Å². The second-order valence-corrected chi connectivity index (χ2v) is 4.54. The molecule has 0 aliphatic rings. The maximum atomic E-state index is 13.4. The number of hydrogen-bond acceptors (Lipinski definition) is 3. The molecule has 2 aromatic rings. The Morgan fingerprint density at radius 1 is 1.00 bits per heavy atom. The molecule has 0 spiro atoms. The minimum absolute atomic E-state index is 0.00914. The van der Waals surface area contributed by atoms with E-state index in [-0.39, 0.29) is 6.54 Å². The lowest BCUT2D eigenvalue weighted by molar-refractivity contribution is 0.317. The molecule has 0 unspecified atom stereocenters. The number of halogens is 4. The summed E-state index contributed by atoms with van der Waals surface area (Å²) in [4.78, 5) is 2.49. The maximum Gasteiger partial charge on any atom is 0.253 e. The summed E-state index contributed by atoms with van der Waals surface area (Å²) in [5, 5.41) is 2.33. The third-order valence-corrected chi connectivity index (χ3v) is 2.86. The fraction of sp³-hybridized carbons (Fsp3) is 0.267. The molecule has 0 aliphatic heterocycles. The molecule has 1 aromatic heterocycles. The molecule has 0 saturated heterocycles. The third kappa shape index (κ3) is 3.66. The van der Waals surface area contributed by atoms with Gasteiger partial charge in [-0.25, -0.2) is 0 Å². The van der Waals surface area contributed by atoms with Gasteiger partial charge in [0.2, 0.25) is 11.6 Å². The van der Waals surface area contributed by atoms with Crippen LogP contribution in [0.3, 0.4) is 0 Å². The first-order chi connectivity index (χ1) is 10.5. The van der Waals surface area contributed by atoms with Crippen LogP contribution in [0, 0.1) is 23.5 Å². The van der Waals surface area contributed by atoms with Crippen LogP contribution in [-0.4, -0.2) is 11.6 Å². The zero-order valence-corrected chi connectivity index (χ0v) is 11.8. The van der Waals surface area contributed by atoms with Crippen LogP contribution in [-0.2, 0) is 6.54 Å². The highest BCUT2D eigenvalue weighted by Gasteiger charge is 2.20. The van der Waals surface area contributed by atoms with E-state index in [0.29, 0.717) is 17.9 Å². The predicted octanol–water partition coefficient (Wildman–Crippen LogP) is 4.04. The number of anilines is 1. The van der Waals surface area contributed by atoms with E-state index < -0.39 is 29.2 Å². The highest BCUT2D eigenvalue weighted by molar-refractivity contribution is 5.46. The number of pyridine rings is 1. The van der Waals surface area contributed by atoms with Gasteiger partial charge in [-0.15, -0.1) is 0 Å². The first kappa shape index (κ1) is 16.1. The summed E-state index contributed by atoms with van der Waals surface area (Å²) in [6.45, 7) is 2.56. The Bertz CT molecular complexity index is 621. The Kier molecular flexibility index (Phi) is 5.19. The number of nitrogens with one attached hydrogen (secondary N) is 1. The Morgan fingerprint density at radius 2 is 1.59 bits per heavy atom. The van der Waals surface area contributed by atoms with Gasteiger partial charge in [0.05, 0.1) is 6.61 Å². The van der Waals surface area contributed by atoms with Gasteiger partial charge in [0, 0.05) is 6.54 Å². The van der Waals surface area contributed by atoms with Crippen LogP contribution in [0.25, 0.3) is 0 Å². The summed E-state index contributed by atoms with van der Waals surface area (Å²) in [6, 6.07) is 6.77. The maximum absolute atomic E-state index is 13.4. The molecule has 0 atom stereocenters. The average Bonchev–Trinajstić information content (AvgIpc) is 2.52. The molecule has 7 heteroatoms. The van der Waals surface area contributed by atoms with Crippen LogP contribution < -0.4 is 10.1 Å². The molecule has 1 aromatic carbocycles. The first-order valence-electron chi connectivity index (χ1n) is 6.68. The number of ether oxygens (including phenoxy) is 1. The van der Waals surface area contributed by atoms with Crippen molar-refractivity contribution in [2.24, 2.45) is 0 Å². The largest absolute Gasteiger partial charge is 0.494 e. The number of aromatic nitrogens is 1. The Labute approximate surface area is 124 Å². The van der Waals surface area contributed by atoms with E-state index in [0.717, 1.165) is 6.42 Å². The van der Waals surface area contributed by atoms with Crippen LogP contribution in [0.5, 0.6) is 5.75 Å². The van der Waals surface area contributed by atoms with Gasteiger partial charge in [-0.1, -0.05) is 19.1 Å². The monoisotopic (exact) mass is 314 g/mol. The van der Waals surface area contributed by atoms with Gasteiger partial charge < -0.3 is 10.1 Å². The van der Waals surface area contributed by atoms with Crippen molar-refractivity contribution in [1.82, 2.24) is 4.98 Å². The predicted molar refractivity (Wildman–Crippen MR) is 73.6 cm³/mol. The number of hydrogen-bond donors (Lipinski definition) is 1. The van der Waals surface area contributed by atoms with E-state index in [1.54, 1.807) is 24.3 Å². The van der Waals surface area contributed by atoms with E-state index in [9.17, 15) is 17.6 Å². The van der Waals surface area contributed by atoms with Gasteiger partial charge in [0.15, 0.2) is 0 Å². The molecule has 0 saturated carbocycles. The fourth-order valence-electron chi connectivity index (χ4n) is 1.76. The Balaban J connectivity index is 2.07. The molecule has 1 heterocycles. The Hall–Kier alpha value is -2.31. The summed E-state index contributed by atoms with van der Waals surface area (Å²) < 4.78 is 58.2. The normalized spacial score (nSPS) is 10.6. The van der Waals surface area contributed by atoms with E-state index in [1.807, 2.05) is 6.92 Å². The van der Waals surface area contributed by atoms with Gasteiger partial charge in [-0.05, 0) is 24.1 Å². The summed E-state index contributed by atoms with van der Waals surface area (Å²) in [7, 11) is 0. The molecule has 0 radical (unpaired) electrons. The minimum Gasteiger partial charge on any atom is -0.494 e. The summed E-state index contributed by atoms with van der Waals surface area (Å²) in [5.41, 5.74) is -0.211. The average molecular weight is 314 g/mol. The Morgan fingerprint density at radius 3 is 2.14 bits per heavy atom. The van der Waals surface area contributed by atoms with Crippen molar-refractivity contribution in [3.05, 3.63) is 53.4 Å². The van der Waals surface area contributed by atoms with Gasteiger partial charge in [0.25, 0.3) is 11.9 Å². The van der Waals surface area contributed by atoms with Gasteiger partial charge in [0.1, 0.15) is 11.4 Å². The van der Waals surface area contributed by atoms with Crippen molar-refractivity contribution in [3.63, 3.8) is 0 Å². The standard InChI is InChI=1S/C15H14F4N2O/c1-2-7-22-10-5-3-9(4-6-10)8-20-13-11(16)14(18)21-15(19)12(13)17/h3-6H,2,7-8H2,1H3,(H,20,21). The lowest BCUT2D eigenvalue weighted by Crippen LogP contribution is -2.09. The van der Waals surface area contributed by atoms with Crippen molar-refractivity contribution in [3.8, 4) is 5.75 Å². The van der Waals surface area contributed by atoms with Gasteiger partial charge >= 0.3 is 0 Å². The highest BCUT2D eigenvalue weighted by atomic mass is 19.2. The molecule has 2 rings (SSSR count). The quantitative estimate of drug-likeness (QED) is 0.645. The van der Waals surface area contributed by atoms with Crippen LogP contribution in [0.1, 0.15) is 18.9 Å². The summed E-state index contributed by atoms with van der Waals surface area (Å²) in [5.74, 6) is -5.82. The third-order valence-electron chi connectivity index (χ3n) is 2.86. The molecule has 118 valence electrons. The molecular weight excluding hydrogens is 300 g/mol. The van der Waals surface area contributed by atoms with Crippen LogP contribution >= 0.6 is 0 Å². The van der Waals surface area contributed by atoms with Crippen molar-refractivity contribution in [1.29, 1.82) is 0 Å². The van der Waals surface area contributed by atoms with Crippen molar-refractivity contribution >= 4 is 5.69 Å². The van der Waals surface area contributed by atoms with E-state index in [2.05, 4.69) is 10.3 Å². The number of rotatable bonds is 6. The van der Waals surface area contributed by atoms with Crippen LogP contribution in [0.4, 0.5) is 23.2 Å². The molecule has 0 fully saturated rings. The molecule has 0 bridgehead atoms. The van der Waals surface area contributed by atoms with E-state index in [1.165, 1.54) is 0 Å². The van der Waals surface area contributed by atoms with E-state index in [4.69, 9.17) is 4.74 Å². The molecule has 0 amide bonds. The molecule has 1 N–H and O–H groups in total. The van der Waals surface area contributed by atoms with E-state index >= 15 is 0 Å². The van der Waals surface area contributed by atoms with Crippen molar-refractivity contribution in [2.45, 2.75) is 19.9 Å². The lowest BCUT2D eigenvalue weighted by Gasteiger charge is -2.10. The zero-order valence-electron chi connectivity index (χ0n) is 11.8. The number of benzene rings is 1. The van der Waals surface area contributed by atoms with Gasteiger partial charge in [-0.3, -0.25) is 0 Å². The fourth-order valence-corrected chi connectivity index (χ4v) is 1.76. The lowest BCUT2D eigenvalue weighted by atomic mass is 10.2. The molecule has 0 aliphatic carbocycles.